The zero-order chi connectivity index (χ0) is 19.8. The molecule has 0 radical (unpaired) electrons. The molecular weight excluding hydrogens is 384 g/mol. The summed E-state index contributed by atoms with van der Waals surface area (Å²) in [5, 5.41) is 3.01. The molecule has 2 rings (SSSR count). The number of unbranched alkanes of at least 4 members (excludes halogenated alkanes) is 2. The number of methoxy groups -OCH3 is 2. The van der Waals surface area contributed by atoms with Crippen LogP contribution in [0.1, 0.15) is 44.2 Å². The van der Waals surface area contributed by atoms with E-state index in [1.807, 2.05) is 25.1 Å². The summed E-state index contributed by atoms with van der Waals surface area (Å²) in [6.07, 6.45) is 2.94. The Balaban J connectivity index is 1.74. The molecule has 1 heterocycles. The molecule has 1 aliphatic heterocycles. The highest BCUT2D eigenvalue weighted by Gasteiger charge is 2.25. The van der Waals surface area contributed by atoms with Gasteiger partial charge < -0.3 is 14.8 Å². The van der Waals surface area contributed by atoms with Gasteiger partial charge in [0.05, 0.1) is 26.0 Å². The van der Waals surface area contributed by atoms with Gasteiger partial charge in [0, 0.05) is 18.5 Å². The summed E-state index contributed by atoms with van der Waals surface area (Å²) in [6, 6.07) is 5.35. The number of rotatable bonds is 10. The lowest BCUT2D eigenvalue weighted by Crippen LogP contribution is -2.29. The molecule has 0 aromatic heterocycles. The molecule has 0 aliphatic carbocycles. The van der Waals surface area contributed by atoms with Crippen LogP contribution in [0.2, 0.25) is 0 Å². The first-order valence-electron chi connectivity index (χ1n) is 8.94. The predicted octanol–water partition coefficient (Wildman–Crippen LogP) is 3.30. The van der Waals surface area contributed by atoms with E-state index in [2.05, 4.69) is 5.32 Å². The fourth-order valence-electron chi connectivity index (χ4n) is 2.90. The predicted molar refractivity (Wildman–Crippen MR) is 111 cm³/mol. The molecule has 0 bridgehead atoms. The largest absolute Gasteiger partial charge is 0.497 e. The lowest BCUT2D eigenvalue weighted by Gasteiger charge is -2.18. The maximum Gasteiger partial charge on any atom is 0.238 e. The van der Waals surface area contributed by atoms with E-state index in [-0.39, 0.29) is 17.9 Å². The molecule has 1 aliphatic rings. The summed E-state index contributed by atoms with van der Waals surface area (Å²) in [4.78, 5) is 25.5. The van der Waals surface area contributed by atoms with E-state index in [1.54, 1.807) is 19.1 Å². The van der Waals surface area contributed by atoms with Gasteiger partial charge >= 0.3 is 0 Å². The fraction of sp³-hybridized carbons (Fsp3) is 0.526. The molecule has 2 amide bonds. The zero-order valence-electron chi connectivity index (χ0n) is 15.9. The number of benzene rings is 1. The van der Waals surface area contributed by atoms with Gasteiger partial charge in [-0.1, -0.05) is 30.4 Å². The third-order valence-electron chi connectivity index (χ3n) is 4.41. The lowest BCUT2D eigenvalue weighted by atomic mass is 10.1. The SMILES string of the molecule is COc1ccc(OC)c([C@@H](C)NC(=O)CCCCCN2C(=O)CSC2=S)c1. The zero-order valence-corrected chi connectivity index (χ0v) is 17.6. The number of ether oxygens (including phenoxy) is 2. The number of carbonyl (C=O) groups is 2. The smallest absolute Gasteiger partial charge is 0.238 e. The van der Waals surface area contributed by atoms with Crippen LogP contribution in [0.3, 0.4) is 0 Å². The third kappa shape index (κ3) is 6.10. The minimum Gasteiger partial charge on any atom is -0.497 e. The van der Waals surface area contributed by atoms with Gasteiger partial charge in [-0.2, -0.15) is 0 Å². The fourth-order valence-corrected chi connectivity index (χ4v) is 4.02. The molecule has 0 spiro atoms. The van der Waals surface area contributed by atoms with Crippen molar-refractivity contribution in [1.29, 1.82) is 0 Å². The van der Waals surface area contributed by atoms with Crippen LogP contribution in [0, 0.1) is 0 Å². The minimum absolute atomic E-state index is 0.00398. The Hall–Kier alpha value is -1.80. The second kappa shape index (κ2) is 10.5. The molecule has 1 aromatic carbocycles. The van der Waals surface area contributed by atoms with Gasteiger partial charge in [0.1, 0.15) is 15.8 Å². The Morgan fingerprint density at radius 3 is 2.70 bits per heavy atom. The summed E-state index contributed by atoms with van der Waals surface area (Å²) >= 11 is 6.57. The Morgan fingerprint density at radius 2 is 2.07 bits per heavy atom. The monoisotopic (exact) mass is 410 g/mol. The van der Waals surface area contributed by atoms with E-state index in [1.165, 1.54) is 11.8 Å². The molecular formula is C19H26N2O4S2. The minimum atomic E-state index is -0.181. The topological polar surface area (TPSA) is 67.9 Å². The average molecular weight is 411 g/mol. The third-order valence-corrected chi connectivity index (χ3v) is 5.84. The molecule has 1 fully saturated rings. The number of carbonyl (C=O) groups excluding carboxylic acids is 2. The van der Waals surface area contributed by atoms with E-state index in [0.717, 1.165) is 30.6 Å². The van der Waals surface area contributed by atoms with Gasteiger partial charge in [-0.05, 0) is 38.0 Å². The first-order valence-corrected chi connectivity index (χ1v) is 10.3. The van der Waals surface area contributed by atoms with Crippen molar-refractivity contribution in [3.63, 3.8) is 0 Å². The quantitative estimate of drug-likeness (QED) is 0.472. The van der Waals surface area contributed by atoms with Crippen LogP contribution in [0.4, 0.5) is 0 Å². The highest BCUT2D eigenvalue weighted by Crippen LogP contribution is 2.29. The molecule has 6 nitrogen and oxygen atoms in total. The standard InChI is InChI=1S/C19H26N2O4S2/c1-13(15-11-14(24-2)8-9-16(15)25-3)20-17(22)7-5-4-6-10-21-18(23)12-27-19(21)26/h8-9,11,13H,4-7,10,12H2,1-3H3,(H,20,22)/t13-/m1/s1. The molecule has 8 heteroatoms. The van der Waals surface area contributed by atoms with Crippen LogP contribution >= 0.6 is 24.0 Å². The van der Waals surface area contributed by atoms with E-state index in [4.69, 9.17) is 21.7 Å². The van der Waals surface area contributed by atoms with Gasteiger partial charge in [-0.3, -0.25) is 14.5 Å². The molecule has 148 valence electrons. The Kier molecular flexibility index (Phi) is 8.37. The van der Waals surface area contributed by atoms with Crippen molar-refractivity contribution in [1.82, 2.24) is 10.2 Å². The molecule has 1 aromatic rings. The second-order valence-corrected chi connectivity index (χ2v) is 7.92. The Bertz CT molecular complexity index is 680. The number of nitrogens with zero attached hydrogens (tertiary/aromatic N) is 1. The molecule has 27 heavy (non-hydrogen) atoms. The van der Waals surface area contributed by atoms with Crippen molar-refractivity contribution >= 4 is 40.1 Å². The normalized spacial score (nSPS) is 15.0. The first kappa shape index (κ1) is 21.5. The number of hydrogen-bond donors (Lipinski definition) is 1. The molecule has 1 saturated heterocycles. The van der Waals surface area contributed by atoms with Gasteiger partial charge in [0.2, 0.25) is 11.8 Å². The summed E-state index contributed by atoms with van der Waals surface area (Å²) < 4.78 is 11.3. The highest BCUT2D eigenvalue weighted by molar-refractivity contribution is 8.23. The number of amides is 2. The number of hydrogen-bond acceptors (Lipinski definition) is 6. The van der Waals surface area contributed by atoms with Crippen molar-refractivity contribution in [2.45, 2.75) is 38.6 Å². The van der Waals surface area contributed by atoms with Crippen LogP contribution in [-0.4, -0.2) is 47.6 Å². The van der Waals surface area contributed by atoms with Gasteiger partial charge in [-0.15, -0.1) is 0 Å². The highest BCUT2D eigenvalue weighted by atomic mass is 32.2. The van der Waals surface area contributed by atoms with Crippen molar-refractivity contribution in [2.24, 2.45) is 0 Å². The van der Waals surface area contributed by atoms with Gasteiger partial charge in [0.15, 0.2) is 0 Å². The van der Waals surface area contributed by atoms with E-state index in [0.29, 0.717) is 28.8 Å². The van der Waals surface area contributed by atoms with Crippen LogP contribution in [0.25, 0.3) is 0 Å². The van der Waals surface area contributed by atoms with Crippen molar-refractivity contribution in [3.05, 3.63) is 23.8 Å². The van der Waals surface area contributed by atoms with Crippen molar-refractivity contribution < 1.29 is 19.1 Å². The van der Waals surface area contributed by atoms with Crippen LogP contribution in [0.5, 0.6) is 11.5 Å². The average Bonchev–Trinajstić information content (AvgIpc) is 2.98. The van der Waals surface area contributed by atoms with Gasteiger partial charge in [-0.25, -0.2) is 0 Å². The molecule has 0 saturated carbocycles. The van der Waals surface area contributed by atoms with Crippen LogP contribution in [0.15, 0.2) is 18.2 Å². The summed E-state index contributed by atoms with van der Waals surface area (Å²) in [7, 11) is 3.21. The first-order chi connectivity index (χ1) is 13.0. The Labute approximate surface area is 170 Å². The van der Waals surface area contributed by atoms with E-state index in [9.17, 15) is 9.59 Å². The summed E-state index contributed by atoms with van der Waals surface area (Å²) in [5.74, 6) is 1.97. The molecule has 0 unspecified atom stereocenters. The lowest BCUT2D eigenvalue weighted by molar-refractivity contribution is -0.124. The number of thiocarbonyl (C=S) groups is 1. The summed E-state index contributed by atoms with van der Waals surface area (Å²) in [6.45, 7) is 2.57. The number of thioether (sulfide) groups is 1. The second-order valence-electron chi connectivity index (χ2n) is 6.31. The Morgan fingerprint density at radius 1 is 1.30 bits per heavy atom. The number of nitrogens with one attached hydrogen (secondary N) is 1. The van der Waals surface area contributed by atoms with Crippen molar-refractivity contribution in [2.75, 3.05) is 26.5 Å². The van der Waals surface area contributed by atoms with Crippen molar-refractivity contribution in [3.8, 4) is 11.5 Å². The summed E-state index contributed by atoms with van der Waals surface area (Å²) in [5.41, 5.74) is 0.878. The van der Waals surface area contributed by atoms with E-state index < -0.39 is 0 Å². The van der Waals surface area contributed by atoms with E-state index >= 15 is 0 Å². The van der Waals surface area contributed by atoms with Crippen LogP contribution in [-0.2, 0) is 9.59 Å². The van der Waals surface area contributed by atoms with Crippen LogP contribution < -0.4 is 14.8 Å². The van der Waals surface area contributed by atoms with Gasteiger partial charge in [0.25, 0.3) is 0 Å². The molecule has 1 N–H and O–H groups in total. The maximum atomic E-state index is 12.2. The molecule has 1 atom stereocenters. The maximum absolute atomic E-state index is 12.2.